The van der Waals surface area contributed by atoms with Crippen molar-refractivity contribution in [2.75, 3.05) is 38.9 Å². The normalized spacial score (nSPS) is 14.5. The van der Waals surface area contributed by atoms with Crippen molar-refractivity contribution in [3.8, 4) is 11.8 Å². The average molecular weight is 575 g/mol. The van der Waals surface area contributed by atoms with E-state index in [0.717, 1.165) is 21.1 Å². The fourth-order valence-corrected chi connectivity index (χ4v) is 4.08. The molecule has 1 atom stereocenters. The number of hydroxylamine groups is 2. The van der Waals surface area contributed by atoms with E-state index in [0.29, 0.717) is 30.0 Å². The number of hydrogen-bond acceptors (Lipinski definition) is 9. The molecule has 0 N–H and O–H groups in total. The summed E-state index contributed by atoms with van der Waals surface area (Å²) in [7, 11) is 2.69. The number of carbonyl (C=O) groups is 1. The molecule has 1 aliphatic heterocycles. The highest BCUT2D eigenvalue weighted by Crippen LogP contribution is 2.30. The largest absolute Gasteiger partial charge is 0.496 e. The minimum Gasteiger partial charge on any atom is -0.496 e. The summed E-state index contributed by atoms with van der Waals surface area (Å²) in [5.74, 6) is -0.263. The van der Waals surface area contributed by atoms with Gasteiger partial charge < -0.3 is 14.3 Å². The van der Waals surface area contributed by atoms with Crippen LogP contribution in [-0.4, -0.2) is 66.1 Å². The molecule has 3 rings (SSSR count). The molecule has 13 nitrogen and oxygen atoms in total. The molecule has 1 saturated heterocycles. The Bertz CT molecular complexity index is 1410. The van der Waals surface area contributed by atoms with Gasteiger partial charge >= 0.3 is 11.7 Å². The smallest absolute Gasteiger partial charge is 0.362 e. The van der Waals surface area contributed by atoms with Gasteiger partial charge in [-0.25, -0.2) is 24.1 Å². The summed E-state index contributed by atoms with van der Waals surface area (Å²) in [4.78, 5) is 51.3. The molecule has 0 radical (unpaired) electrons. The number of urea groups is 1. The number of nitrogens with zero attached hydrogens (tertiary/aromatic N) is 6. The number of carbonyl (C=O) groups excluding carboxylic acids is 1. The second kappa shape index (κ2) is 14.4. The van der Waals surface area contributed by atoms with E-state index in [2.05, 4.69) is 5.16 Å². The van der Waals surface area contributed by atoms with E-state index in [1.807, 2.05) is 6.07 Å². The molecule has 1 unspecified atom stereocenters. The number of nitriles is 1. The van der Waals surface area contributed by atoms with Gasteiger partial charge in [0.05, 0.1) is 57.2 Å². The lowest BCUT2D eigenvalue weighted by Gasteiger charge is -2.30. The van der Waals surface area contributed by atoms with E-state index in [1.165, 1.54) is 45.5 Å². The van der Waals surface area contributed by atoms with Crippen molar-refractivity contribution in [3.63, 3.8) is 0 Å². The van der Waals surface area contributed by atoms with E-state index in [1.54, 1.807) is 13.8 Å². The summed E-state index contributed by atoms with van der Waals surface area (Å²) >= 11 is 0. The van der Waals surface area contributed by atoms with Gasteiger partial charge in [0, 0.05) is 18.8 Å². The topological polar surface area (TPSA) is 141 Å². The van der Waals surface area contributed by atoms with Crippen LogP contribution in [0, 0.1) is 17.1 Å². The number of rotatable bonds is 11. The summed E-state index contributed by atoms with van der Waals surface area (Å²) in [6.45, 7) is 5.43. The molecule has 41 heavy (non-hydrogen) atoms. The molecule has 0 bridgehead atoms. The van der Waals surface area contributed by atoms with E-state index in [4.69, 9.17) is 24.4 Å². The third-order valence-electron chi connectivity index (χ3n) is 6.15. The second-order valence-corrected chi connectivity index (χ2v) is 9.53. The van der Waals surface area contributed by atoms with Gasteiger partial charge in [-0.3, -0.25) is 14.2 Å². The Morgan fingerprint density at radius 1 is 1.29 bits per heavy atom. The zero-order valence-corrected chi connectivity index (χ0v) is 23.8. The van der Waals surface area contributed by atoms with Crippen LogP contribution in [0.5, 0.6) is 5.75 Å². The van der Waals surface area contributed by atoms with Crippen LogP contribution >= 0.6 is 0 Å². The van der Waals surface area contributed by atoms with Gasteiger partial charge in [0.25, 0.3) is 5.56 Å². The van der Waals surface area contributed by atoms with Crippen molar-refractivity contribution in [1.29, 1.82) is 5.26 Å². The molecular weight excluding hydrogens is 539 g/mol. The summed E-state index contributed by atoms with van der Waals surface area (Å²) in [6.07, 6.45) is 1.55. The fraction of sp³-hybridized carbons (Fsp3) is 0.519. The summed E-state index contributed by atoms with van der Waals surface area (Å²) in [6, 6.07) is 5.12. The van der Waals surface area contributed by atoms with Gasteiger partial charge in [0.1, 0.15) is 23.8 Å². The van der Waals surface area contributed by atoms with Crippen LogP contribution in [0.1, 0.15) is 57.3 Å². The van der Waals surface area contributed by atoms with Gasteiger partial charge in [-0.15, -0.1) is 0 Å². The number of ether oxygens (including phenoxy) is 2. The zero-order valence-electron chi connectivity index (χ0n) is 23.8. The van der Waals surface area contributed by atoms with Gasteiger partial charge in [-0.05, 0) is 51.8 Å². The molecule has 0 saturated carbocycles. The number of aromatic nitrogens is 2. The Hall–Kier alpha value is -4.22. The first-order chi connectivity index (χ1) is 19.6. The molecule has 0 aliphatic carbocycles. The number of amides is 2. The van der Waals surface area contributed by atoms with Crippen molar-refractivity contribution in [1.82, 2.24) is 14.3 Å². The molecule has 2 amide bonds. The van der Waals surface area contributed by atoms with E-state index in [9.17, 15) is 18.8 Å². The molecular formula is C27H35FN6O7. The summed E-state index contributed by atoms with van der Waals surface area (Å²) < 4.78 is 27.4. The maximum Gasteiger partial charge on any atom is 0.362 e. The van der Waals surface area contributed by atoms with E-state index in [-0.39, 0.29) is 42.5 Å². The van der Waals surface area contributed by atoms with Crippen LogP contribution in [0.15, 0.2) is 39.1 Å². The predicted molar refractivity (Wildman–Crippen MR) is 147 cm³/mol. The predicted octanol–water partition coefficient (Wildman–Crippen LogP) is 2.69. The van der Waals surface area contributed by atoms with Crippen molar-refractivity contribution >= 4 is 11.7 Å². The van der Waals surface area contributed by atoms with Crippen molar-refractivity contribution in [3.05, 3.63) is 62.2 Å². The highest BCUT2D eigenvalue weighted by atomic mass is 19.1. The molecule has 222 valence electrons. The monoisotopic (exact) mass is 574 g/mol. The van der Waals surface area contributed by atoms with Crippen LogP contribution in [0.2, 0.25) is 0 Å². The van der Waals surface area contributed by atoms with Gasteiger partial charge in [-0.2, -0.15) is 9.94 Å². The van der Waals surface area contributed by atoms with Crippen LogP contribution in [-0.2, 0) is 21.0 Å². The Balaban J connectivity index is 2.17. The first kappa shape index (κ1) is 31.3. The number of oxime groups is 1. The molecule has 0 spiro atoms. The minimum absolute atomic E-state index is 0.0184. The summed E-state index contributed by atoms with van der Waals surface area (Å²) in [5.41, 5.74) is -1.25. The highest BCUT2D eigenvalue weighted by Gasteiger charge is 2.28. The van der Waals surface area contributed by atoms with Gasteiger partial charge in [0.15, 0.2) is 0 Å². The van der Waals surface area contributed by atoms with Crippen LogP contribution in [0.4, 0.5) is 9.18 Å². The van der Waals surface area contributed by atoms with Crippen molar-refractivity contribution in [2.24, 2.45) is 5.16 Å². The second-order valence-electron chi connectivity index (χ2n) is 9.53. The Labute approximate surface area is 236 Å². The standard InChI is InChI=1S/C27H35FN6O7/c1-18(2)41-30-19(3)22-16-32(17-24(39-13-8-11-29)21-15-20(28)9-10-23(21)38-5)27(37)34(25(22)35)31(4)26(36)33-12-6-7-14-40-33/h9-10,15-16,18,24H,6-8,12-14,17H2,1-5H3/b30-19+. The van der Waals surface area contributed by atoms with Crippen molar-refractivity contribution in [2.45, 2.75) is 58.8 Å². The maximum atomic E-state index is 14.3. The molecule has 2 aromatic rings. The molecule has 1 aliphatic rings. The molecule has 14 heteroatoms. The van der Waals surface area contributed by atoms with Crippen LogP contribution < -0.4 is 21.0 Å². The SMILES string of the molecule is COc1ccc(F)cc1C(Cn1cc(/C(C)=N/OC(C)C)c(=O)n(N(C)C(=O)N2CCCCO2)c1=O)OCCC#N. The number of halogens is 1. The third kappa shape index (κ3) is 7.71. The minimum atomic E-state index is -0.971. The van der Waals surface area contributed by atoms with Crippen LogP contribution in [0.25, 0.3) is 0 Å². The Morgan fingerprint density at radius 3 is 2.68 bits per heavy atom. The van der Waals surface area contributed by atoms with Crippen LogP contribution in [0.3, 0.4) is 0 Å². The average Bonchev–Trinajstić information content (AvgIpc) is 2.96. The van der Waals surface area contributed by atoms with Gasteiger partial charge in [-0.1, -0.05) is 5.16 Å². The lowest BCUT2D eigenvalue weighted by molar-refractivity contribution is -0.138. The molecule has 1 fully saturated rings. The lowest BCUT2D eigenvalue weighted by Crippen LogP contribution is -2.58. The fourth-order valence-electron chi connectivity index (χ4n) is 4.08. The van der Waals surface area contributed by atoms with E-state index >= 15 is 0 Å². The first-order valence-corrected chi connectivity index (χ1v) is 13.2. The quantitative estimate of drug-likeness (QED) is 0.227. The summed E-state index contributed by atoms with van der Waals surface area (Å²) in [5, 5.41) is 15.0. The maximum absolute atomic E-state index is 14.3. The molecule has 2 heterocycles. The van der Waals surface area contributed by atoms with Gasteiger partial charge in [0.2, 0.25) is 0 Å². The zero-order chi connectivity index (χ0) is 30.1. The number of benzene rings is 1. The Morgan fingerprint density at radius 2 is 2.05 bits per heavy atom. The highest BCUT2D eigenvalue weighted by molar-refractivity contribution is 5.97. The third-order valence-corrected chi connectivity index (χ3v) is 6.15. The lowest BCUT2D eigenvalue weighted by atomic mass is 10.1. The molecule has 1 aromatic heterocycles. The first-order valence-electron chi connectivity index (χ1n) is 13.2. The van der Waals surface area contributed by atoms with Crippen molar-refractivity contribution < 1.29 is 28.3 Å². The number of methoxy groups -OCH3 is 1. The molecule has 1 aromatic carbocycles. The Kier molecular flexibility index (Phi) is 11.0. The number of hydrogen-bond donors (Lipinski definition) is 0. The van der Waals surface area contributed by atoms with E-state index < -0.39 is 29.2 Å².